The van der Waals surface area contributed by atoms with Crippen molar-refractivity contribution in [1.29, 1.82) is 0 Å². The maximum absolute atomic E-state index is 11.4. The summed E-state index contributed by atoms with van der Waals surface area (Å²) in [5.41, 5.74) is 0.984. The second-order valence-electron chi connectivity index (χ2n) is 3.36. The fourth-order valence-corrected chi connectivity index (χ4v) is 2.03. The molecule has 0 aliphatic carbocycles. The van der Waals surface area contributed by atoms with Crippen molar-refractivity contribution in [3.8, 4) is 5.75 Å². The van der Waals surface area contributed by atoms with E-state index in [1.54, 1.807) is 25.3 Å². The maximum atomic E-state index is 11.4. The number of rotatable bonds is 2. The van der Waals surface area contributed by atoms with E-state index in [0.717, 1.165) is 15.6 Å². The van der Waals surface area contributed by atoms with Crippen LogP contribution in [0, 0.1) is 0 Å². The smallest absolute Gasteiger partial charge is 0.356 e. The molecule has 1 heterocycles. The third-order valence-corrected chi connectivity index (χ3v) is 3.02. The first-order chi connectivity index (χ1) is 8.15. The van der Waals surface area contributed by atoms with E-state index in [2.05, 4.69) is 25.7 Å². The third kappa shape index (κ3) is 2.24. The minimum Gasteiger partial charge on any atom is -0.497 e. The topological polar surface area (TPSA) is 48.4 Å². The zero-order valence-electron chi connectivity index (χ0n) is 9.36. The summed E-state index contributed by atoms with van der Waals surface area (Å²) < 4.78 is 10.6. The van der Waals surface area contributed by atoms with Gasteiger partial charge in [-0.15, -0.1) is 0 Å². The average molecular weight is 296 g/mol. The lowest BCUT2D eigenvalue weighted by atomic mass is 10.2. The first-order valence-electron chi connectivity index (χ1n) is 4.88. The molecular formula is C12H10BrNO3. The molecule has 0 saturated carbocycles. The number of carbonyl (C=O) groups is 1. The van der Waals surface area contributed by atoms with Crippen molar-refractivity contribution in [2.75, 3.05) is 14.2 Å². The normalized spacial score (nSPS) is 10.3. The van der Waals surface area contributed by atoms with Crippen LogP contribution in [-0.2, 0) is 4.74 Å². The van der Waals surface area contributed by atoms with Gasteiger partial charge in [0.15, 0.2) is 0 Å². The highest BCUT2D eigenvalue weighted by atomic mass is 79.9. The largest absolute Gasteiger partial charge is 0.497 e. The Bertz CT molecular complexity index is 583. The molecule has 1 aromatic heterocycles. The maximum Gasteiger partial charge on any atom is 0.356 e. The number of benzene rings is 1. The van der Waals surface area contributed by atoms with E-state index in [-0.39, 0.29) is 5.69 Å². The summed E-state index contributed by atoms with van der Waals surface area (Å²) in [5, 5.41) is 0.886. The van der Waals surface area contributed by atoms with E-state index in [0.29, 0.717) is 5.52 Å². The van der Waals surface area contributed by atoms with Crippen LogP contribution in [0.4, 0.5) is 0 Å². The number of carbonyl (C=O) groups excluding carboxylic acids is 1. The number of hydrogen-bond donors (Lipinski definition) is 0. The Labute approximate surface area is 107 Å². The van der Waals surface area contributed by atoms with Gasteiger partial charge in [-0.3, -0.25) is 0 Å². The molecule has 0 unspecified atom stereocenters. The van der Waals surface area contributed by atoms with Crippen molar-refractivity contribution >= 4 is 32.8 Å². The number of nitrogens with zero attached hydrogens (tertiary/aromatic N) is 1. The Kier molecular flexibility index (Phi) is 3.28. The Morgan fingerprint density at radius 2 is 2.06 bits per heavy atom. The minimum atomic E-state index is -0.455. The van der Waals surface area contributed by atoms with Crippen molar-refractivity contribution in [3.63, 3.8) is 0 Å². The molecule has 0 saturated heterocycles. The molecule has 0 amide bonds. The first-order valence-corrected chi connectivity index (χ1v) is 5.67. The van der Waals surface area contributed by atoms with Gasteiger partial charge in [-0.2, -0.15) is 0 Å². The molecule has 0 aliphatic heterocycles. The number of ether oxygens (including phenoxy) is 2. The number of methoxy groups -OCH3 is 2. The van der Waals surface area contributed by atoms with Crippen molar-refractivity contribution in [2.24, 2.45) is 0 Å². The highest BCUT2D eigenvalue weighted by Gasteiger charge is 2.11. The van der Waals surface area contributed by atoms with Gasteiger partial charge >= 0.3 is 5.97 Å². The van der Waals surface area contributed by atoms with E-state index < -0.39 is 5.97 Å². The third-order valence-electron chi connectivity index (χ3n) is 2.36. The van der Waals surface area contributed by atoms with Crippen molar-refractivity contribution in [3.05, 3.63) is 34.4 Å². The molecule has 0 spiro atoms. The molecule has 0 radical (unpaired) electrons. The number of halogens is 1. The molecule has 0 fully saturated rings. The first kappa shape index (κ1) is 11.9. The van der Waals surface area contributed by atoms with E-state index in [9.17, 15) is 4.79 Å². The van der Waals surface area contributed by atoms with Gasteiger partial charge in [-0.25, -0.2) is 9.78 Å². The lowest BCUT2D eigenvalue weighted by Crippen LogP contribution is -2.04. The monoisotopic (exact) mass is 295 g/mol. The van der Waals surface area contributed by atoms with Gasteiger partial charge in [0.05, 0.1) is 19.7 Å². The summed E-state index contributed by atoms with van der Waals surface area (Å²) in [5.74, 6) is 0.286. The van der Waals surface area contributed by atoms with Crippen LogP contribution in [0.1, 0.15) is 10.5 Å². The molecule has 17 heavy (non-hydrogen) atoms. The standard InChI is InChI=1S/C12H10BrNO3/c1-16-7-3-4-10-8(5-7)9(13)6-11(14-10)12(15)17-2/h3-6H,1-2H3. The fourth-order valence-electron chi connectivity index (χ4n) is 1.50. The number of fused-ring (bicyclic) bond motifs is 1. The summed E-state index contributed by atoms with van der Waals surface area (Å²) in [7, 11) is 2.93. The molecular weight excluding hydrogens is 286 g/mol. The van der Waals surface area contributed by atoms with Crippen LogP contribution in [0.2, 0.25) is 0 Å². The van der Waals surface area contributed by atoms with Crippen LogP contribution in [-0.4, -0.2) is 25.2 Å². The van der Waals surface area contributed by atoms with E-state index in [1.807, 2.05) is 6.07 Å². The second kappa shape index (κ2) is 4.71. The molecule has 1 aromatic carbocycles. The van der Waals surface area contributed by atoms with Crippen molar-refractivity contribution < 1.29 is 14.3 Å². The fraction of sp³-hybridized carbons (Fsp3) is 0.167. The van der Waals surface area contributed by atoms with Gasteiger partial charge in [0, 0.05) is 9.86 Å². The Hall–Kier alpha value is -1.62. The van der Waals surface area contributed by atoms with Gasteiger partial charge in [0.1, 0.15) is 11.4 Å². The van der Waals surface area contributed by atoms with E-state index in [4.69, 9.17) is 4.74 Å². The highest BCUT2D eigenvalue weighted by molar-refractivity contribution is 9.10. The van der Waals surface area contributed by atoms with Crippen LogP contribution in [0.25, 0.3) is 10.9 Å². The molecule has 2 rings (SSSR count). The molecule has 5 heteroatoms. The lowest BCUT2D eigenvalue weighted by Gasteiger charge is -2.06. The molecule has 0 atom stereocenters. The van der Waals surface area contributed by atoms with Crippen LogP contribution in [0.5, 0.6) is 5.75 Å². The summed E-state index contributed by atoms with van der Waals surface area (Å²) in [6.07, 6.45) is 0. The van der Waals surface area contributed by atoms with Gasteiger partial charge < -0.3 is 9.47 Å². The van der Waals surface area contributed by atoms with Crippen molar-refractivity contribution in [2.45, 2.75) is 0 Å². The zero-order chi connectivity index (χ0) is 12.4. The van der Waals surface area contributed by atoms with Crippen molar-refractivity contribution in [1.82, 2.24) is 4.98 Å². The molecule has 0 aliphatic rings. The number of aromatic nitrogens is 1. The van der Waals surface area contributed by atoms with E-state index >= 15 is 0 Å². The van der Waals surface area contributed by atoms with Gasteiger partial charge in [-0.05, 0) is 24.3 Å². The van der Waals surface area contributed by atoms with Crippen LogP contribution in [0.15, 0.2) is 28.7 Å². The van der Waals surface area contributed by atoms with E-state index in [1.165, 1.54) is 7.11 Å². The predicted octanol–water partition coefficient (Wildman–Crippen LogP) is 2.79. The lowest BCUT2D eigenvalue weighted by molar-refractivity contribution is 0.0594. The average Bonchev–Trinajstić information content (AvgIpc) is 2.37. The summed E-state index contributed by atoms with van der Waals surface area (Å²) in [6.45, 7) is 0. The predicted molar refractivity (Wildman–Crippen MR) is 67.3 cm³/mol. The summed E-state index contributed by atoms with van der Waals surface area (Å²) >= 11 is 3.41. The second-order valence-corrected chi connectivity index (χ2v) is 4.22. The van der Waals surface area contributed by atoms with Gasteiger partial charge in [0.2, 0.25) is 0 Å². The molecule has 0 N–H and O–H groups in total. The molecule has 88 valence electrons. The number of hydrogen-bond acceptors (Lipinski definition) is 4. The zero-order valence-corrected chi connectivity index (χ0v) is 10.9. The number of esters is 1. The Morgan fingerprint density at radius 3 is 2.71 bits per heavy atom. The molecule has 0 bridgehead atoms. The highest BCUT2D eigenvalue weighted by Crippen LogP contribution is 2.27. The minimum absolute atomic E-state index is 0.275. The van der Waals surface area contributed by atoms with Gasteiger partial charge in [-0.1, -0.05) is 15.9 Å². The van der Waals surface area contributed by atoms with Crippen LogP contribution >= 0.6 is 15.9 Å². The summed E-state index contributed by atoms with van der Waals surface area (Å²) in [6, 6.07) is 7.08. The molecule has 2 aromatic rings. The Balaban J connectivity index is 2.63. The number of pyridine rings is 1. The molecule has 4 nitrogen and oxygen atoms in total. The Morgan fingerprint density at radius 1 is 1.29 bits per heavy atom. The summed E-state index contributed by atoms with van der Waals surface area (Å²) in [4.78, 5) is 15.6. The van der Waals surface area contributed by atoms with Gasteiger partial charge in [0.25, 0.3) is 0 Å². The quantitative estimate of drug-likeness (QED) is 0.800. The van der Waals surface area contributed by atoms with Crippen LogP contribution < -0.4 is 4.74 Å². The van der Waals surface area contributed by atoms with Crippen LogP contribution in [0.3, 0.4) is 0 Å². The SMILES string of the molecule is COC(=O)c1cc(Br)c2cc(OC)ccc2n1.